The van der Waals surface area contributed by atoms with Crippen molar-refractivity contribution in [3.8, 4) is 0 Å². The molecular formula is C9H14Cl2N2O. The van der Waals surface area contributed by atoms with Crippen molar-refractivity contribution in [2.75, 3.05) is 31.2 Å². The van der Waals surface area contributed by atoms with Crippen molar-refractivity contribution in [3.63, 3.8) is 0 Å². The third-order valence-electron chi connectivity index (χ3n) is 1.98. The summed E-state index contributed by atoms with van der Waals surface area (Å²) >= 11 is 0. The Hall–Kier alpha value is -0.510. The van der Waals surface area contributed by atoms with Crippen molar-refractivity contribution in [1.29, 1.82) is 0 Å². The molecule has 0 N–H and O–H groups in total. The van der Waals surface area contributed by atoms with E-state index < -0.39 is 0 Å². The molecule has 1 aromatic rings. The summed E-state index contributed by atoms with van der Waals surface area (Å²) in [5.74, 6) is 1.06. The van der Waals surface area contributed by atoms with Gasteiger partial charge in [-0.15, -0.1) is 24.8 Å². The van der Waals surface area contributed by atoms with Crippen molar-refractivity contribution in [1.82, 2.24) is 4.98 Å². The Morgan fingerprint density at radius 1 is 1.14 bits per heavy atom. The number of hydrogen-bond acceptors (Lipinski definition) is 3. The van der Waals surface area contributed by atoms with Gasteiger partial charge >= 0.3 is 0 Å². The summed E-state index contributed by atoms with van der Waals surface area (Å²) in [6.45, 7) is 3.54. The molecule has 0 bridgehead atoms. The van der Waals surface area contributed by atoms with E-state index >= 15 is 0 Å². The molecule has 1 aliphatic rings. The van der Waals surface area contributed by atoms with Gasteiger partial charge in [-0.1, -0.05) is 6.07 Å². The van der Waals surface area contributed by atoms with Crippen LogP contribution in [0.5, 0.6) is 0 Å². The van der Waals surface area contributed by atoms with Crippen LogP contribution >= 0.6 is 24.8 Å². The first-order valence-corrected chi connectivity index (χ1v) is 4.20. The number of morpholine rings is 1. The summed E-state index contributed by atoms with van der Waals surface area (Å²) in [7, 11) is 0. The van der Waals surface area contributed by atoms with Gasteiger partial charge in [-0.3, -0.25) is 0 Å². The van der Waals surface area contributed by atoms with Crippen LogP contribution in [0, 0.1) is 0 Å². The monoisotopic (exact) mass is 236 g/mol. The van der Waals surface area contributed by atoms with Gasteiger partial charge in [0.25, 0.3) is 0 Å². The van der Waals surface area contributed by atoms with E-state index in [0.717, 1.165) is 32.1 Å². The molecule has 3 nitrogen and oxygen atoms in total. The Kier molecular flexibility index (Phi) is 6.62. The molecule has 0 unspecified atom stereocenters. The molecule has 0 atom stereocenters. The molecule has 0 radical (unpaired) electrons. The predicted molar refractivity (Wildman–Crippen MR) is 61.8 cm³/mol. The Balaban J connectivity index is 0.000000845. The molecule has 1 saturated heterocycles. The van der Waals surface area contributed by atoms with E-state index in [1.54, 1.807) is 0 Å². The van der Waals surface area contributed by atoms with E-state index in [0.29, 0.717) is 0 Å². The van der Waals surface area contributed by atoms with Gasteiger partial charge in [-0.2, -0.15) is 0 Å². The number of hydrogen-bond donors (Lipinski definition) is 0. The van der Waals surface area contributed by atoms with Crippen LogP contribution in [0.1, 0.15) is 0 Å². The molecule has 5 heteroatoms. The SMILES string of the molecule is Cl.Cl.c1ccc(N2CCOCC2)nc1. The number of aromatic nitrogens is 1. The topological polar surface area (TPSA) is 25.4 Å². The second-order valence-corrected chi connectivity index (χ2v) is 2.79. The lowest BCUT2D eigenvalue weighted by molar-refractivity contribution is 0.122. The van der Waals surface area contributed by atoms with Crippen molar-refractivity contribution in [3.05, 3.63) is 24.4 Å². The number of ether oxygens (including phenoxy) is 1. The van der Waals surface area contributed by atoms with Gasteiger partial charge < -0.3 is 9.64 Å². The minimum Gasteiger partial charge on any atom is -0.378 e. The zero-order valence-electron chi connectivity index (χ0n) is 7.76. The standard InChI is InChI=1S/C9H12N2O.2ClH/c1-2-4-10-9(3-1)11-5-7-12-8-6-11;;/h1-4H,5-8H2;2*1H. The molecule has 2 rings (SSSR count). The van der Waals surface area contributed by atoms with Gasteiger partial charge in [0, 0.05) is 19.3 Å². The highest BCUT2D eigenvalue weighted by molar-refractivity contribution is 5.85. The molecule has 0 aromatic carbocycles. The van der Waals surface area contributed by atoms with Crippen LogP contribution in [0.25, 0.3) is 0 Å². The smallest absolute Gasteiger partial charge is 0.128 e. The molecule has 2 heterocycles. The van der Waals surface area contributed by atoms with Gasteiger partial charge in [-0.25, -0.2) is 4.98 Å². The largest absolute Gasteiger partial charge is 0.378 e. The third kappa shape index (κ3) is 3.33. The quantitative estimate of drug-likeness (QED) is 0.744. The second kappa shape index (κ2) is 6.87. The first kappa shape index (κ1) is 13.5. The lowest BCUT2D eigenvalue weighted by Crippen LogP contribution is -2.36. The van der Waals surface area contributed by atoms with Crippen LogP contribution in [-0.2, 0) is 4.74 Å². The van der Waals surface area contributed by atoms with Gasteiger partial charge in [-0.05, 0) is 12.1 Å². The summed E-state index contributed by atoms with van der Waals surface area (Å²) in [5.41, 5.74) is 0. The second-order valence-electron chi connectivity index (χ2n) is 2.79. The summed E-state index contributed by atoms with van der Waals surface area (Å²) in [6, 6.07) is 5.98. The Bertz CT molecular complexity index is 240. The van der Waals surface area contributed by atoms with Crippen molar-refractivity contribution in [2.24, 2.45) is 0 Å². The summed E-state index contributed by atoms with van der Waals surface area (Å²) < 4.78 is 5.25. The first-order chi connectivity index (χ1) is 5.97. The number of pyridine rings is 1. The fraction of sp³-hybridized carbons (Fsp3) is 0.444. The molecule has 0 amide bonds. The van der Waals surface area contributed by atoms with Gasteiger partial charge in [0.1, 0.15) is 5.82 Å². The predicted octanol–water partition coefficient (Wildman–Crippen LogP) is 1.76. The fourth-order valence-electron chi connectivity index (χ4n) is 1.33. The van der Waals surface area contributed by atoms with Crippen LogP contribution in [0.4, 0.5) is 5.82 Å². The summed E-state index contributed by atoms with van der Waals surface area (Å²) in [5, 5.41) is 0. The van der Waals surface area contributed by atoms with E-state index in [4.69, 9.17) is 4.74 Å². The average Bonchev–Trinajstić information content (AvgIpc) is 2.21. The average molecular weight is 237 g/mol. The Morgan fingerprint density at radius 3 is 2.43 bits per heavy atom. The lowest BCUT2D eigenvalue weighted by Gasteiger charge is -2.27. The summed E-state index contributed by atoms with van der Waals surface area (Å²) in [6.07, 6.45) is 1.82. The maximum atomic E-state index is 5.25. The van der Waals surface area contributed by atoms with Crippen LogP contribution < -0.4 is 4.90 Å². The minimum atomic E-state index is 0. The van der Waals surface area contributed by atoms with Crippen molar-refractivity contribution in [2.45, 2.75) is 0 Å². The number of rotatable bonds is 1. The fourth-order valence-corrected chi connectivity index (χ4v) is 1.33. The highest BCUT2D eigenvalue weighted by atomic mass is 35.5. The summed E-state index contributed by atoms with van der Waals surface area (Å²) in [4.78, 5) is 6.51. The molecule has 1 fully saturated rings. The van der Waals surface area contributed by atoms with E-state index in [-0.39, 0.29) is 24.8 Å². The minimum absolute atomic E-state index is 0. The molecule has 0 aliphatic carbocycles. The van der Waals surface area contributed by atoms with E-state index in [2.05, 4.69) is 9.88 Å². The van der Waals surface area contributed by atoms with Crippen LogP contribution in [0.15, 0.2) is 24.4 Å². The highest BCUT2D eigenvalue weighted by Crippen LogP contribution is 2.10. The van der Waals surface area contributed by atoms with Gasteiger partial charge in [0.2, 0.25) is 0 Å². The van der Waals surface area contributed by atoms with Gasteiger partial charge in [0.15, 0.2) is 0 Å². The van der Waals surface area contributed by atoms with Gasteiger partial charge in [0.05, 0.1) is 13.2 Å². The zero-order valence-corrected chi connectivity index (χ0v) is 9.39. The maximum Gasteiger partial charge on any atom is 0.128 e. The Morgan fingerprint density at radius 2 is 1.86 bits per heavy atom. The lowest BCUT2D eigenvalue weighted by atomic mass is 10.4. The Labute approximate surface area is 96.3 Å². The van der Waals surface area contributed by atoms with Crippen molar-refractivity contribution < 1.29 is 4.74 Å². The van der Waals surface area contributed by atoms with Crippen LogP contribution in [-0.4, -0.2) is 31.3 Å². The highest BCUT2D eigenvalue weighted by Gasteiger charge is 2.10. The zero-order chi connectivity index (χ0) is 8.23. The first-order valence-electron chi connectivity index (χ1n) is 4.20. The molecule has 0 saturated carbocycles. The van der Waals surface area contributed by atoms with E-state index in [1.807, 2.05) is 24.4 Å². The molecule has 14 heavy (non-hydrogen) atoms. The van der Waals surface area contributed by atoms with E-state index in [1.165, 1.54) is 0 Å². The molecular weight excluding hydrogens is 223 g/mol. The molecule has 80 valence electrons. The van der Waals surface area contributed by atoms with Crippen molar-refractivity contribution >= 4 is 30.6 Å². The maximum absolute atomic E-state index is 5.25. The number of halogens is 2. The normalized spacial score (nSPS) is 15.3. The molecule has 1 aromatic heterocycles. The van der Waals surface area contributed by atoms with Crippen LogP contribution in [0.2, 0.25) is 0 Å². The molecule has 0 spiro atoms. The number of nitrogens with zero attached hydrogens (tertiary/aromatic N) is 2. The van der Waals surface area contributed by atoms with Crippen LogP contribution in [0.3, 0.4) is 0 Å². The number of anilines is 1. The molecule has 1 aliphatic heterocycles. The van der Waals surface area contributed by atoms with E-state index in [9.17, 15) is 0 Å². The third-order valence-corrected chi connectivity index (χ3v) is 1.98.